The van der Waals surface area contributed by atoms with E-state index in [0.29, 0.717) is 11.7 Å². The second kappa shape index (κ2) is 7.20. The van der Waals surface area contributed by atoms with E-state index in [0.717, 1.165) is 49.9 Å². The fourth-order valence-corrected chi connectivity index (χ4v) is 3.29. The Morgan fingerprint density at radius 2 is 2.00 bits per heavy atom. The molecular weight excluding hydrogens is 314 g/mol. The Hall–Kier alpha value is -1.77. The minimum Gasteiger partial charge on any atom is -0.360 e. The minimum absolute atomic E-state index is 0.00124. The van der Waals surface area contributed by atoms with E-state index in [1.807, 2.05) is 25.3 Å². The van der Waals surface area contributed by atoms with Crippen LogP contribution in [0.4, 0.5) is 5.13 Å². The summed E-state index contributed by atoms with van der Waals surface area (Å²) >= 11 is 1.46. The summed E-state index contributed by atoms with van der Waals surface area (Å²) in [7, 11) is 0. The van der Waals surface area contributed by atoms with Crippen molar-refractivity contribution in [2.75, 3.05) is 38.0 Å². The number of piperazine rings is 1. The van der Waals surface area contributed by atoms with Crippen LogP contribution in [0.25, 0.3) is 0 Å². The highest BCUT2D eigenvalue weighted by atomic mass is 32.1. The lowest BCUT2D eigenvalue weighted by Gasteiger charge is -2.33. The Balaban J connectivity index is 1.41. The molecule has 1 fully saturated rings. The molecule has 0 atom stereocenters. The molecule has 1 aliphatic heterocycles. The Morgan fingerprint density at radius 1 is 1.26 bits per heavy atom. The van der Waals surface area contributed by atoms with Gasteiger partial charge < -0.3 is 9.84 Å². The second-order valence-corrected chi connectivity index (χ2v) is 6.69. The number of amides is 1. The number of hydrogen-bond donors (Lipinski definition) is 1. The van der Waals surface area contributed by atoms with E-state index in [2.05, 4.69) is 25.3 Å². The molecule has 3 rings (SSSR count). The number of thiazole rings is 1. The SMILES string of the molecule is Cc1cc(CN2CCN(CC(=O)Nc3nc(C)cs3)CC2)on1. The fraction of sp³-hybridized carbons (Fsp3) is 0.533. The van der Waals surface area contributed by atoms with Gasteiger partial charge in [0.2, 0.25) is 5.91 Å². The van der Waals surface area contributed by atoms with Crippen LogP contribution in [-0.4, -0.2) is 58.6 Å². The number of aryl methyl sites for hydroxylation is 2. The van der Waals surface area contributed by atoms with Gasteiger partial charge in [-0.1, -0.05) is 5.16 Å². The number of carbonyl (C=O) groups excluding carboxylic acids is 1. The zero-order valence-corrected chi connectivity index (χ0v) is 14.2. The van der Waals surface area contributed by atoms with Crippen LogP contribution in [-0.2, 0) is 11.3 Å². The quantitative estimate of drug-likeness (QED) is 0.893. The lowest BCUT2D eigenvalue weighted by atomic mass is 10.3. The molecule has 1 saturated heterocycles. The van der Waals surface area contributed by atoms with Gasteiger partial charge in [-0.2, -0.15) is 0 Å². The molecule has 0 unspecified atom stereocenters. The number of nitrogens with zero attached hydrogens (tertiary/aromatic N) is 4. The molecule has 2 aromatic heterocycles. The van der Waals surface area contributed by atoms with E-state index in [4.69, 9.17) is 4.52 Å². The molecule has 1 amide bonds. The van der Waals surface area contributed by atoms with E-state index in [1.54, 1.807) is 0 Å². The van der Waals surface area contributed by atoms with Crippen molar-refractivity contribution >= 4 is 22.4 Å². The van der Waals surface area contributed by atoms with Gasteiger partial charge in [0.15, 0.2) is 10.9 Å². The van der Waals surface area contributed by atoms with Crippen molar-refractivity contribution in [1.29, 1.82) is 0 Å². The fourth-order valence-electron chi connectivity index (χ4n) is 2.59. The maximum absolute atomic E-state index is 12.0. The second-order valence-electron chi connectivity index (χ2n) is 5.83. The highest BCUT2D eigenvalue weighted by Gasteiger charge is 2.20. The molecule has 3 heterocycles. The predicted octanol–water partition coefficient (Wildman–Crippen LogP) is 1.50. The summed E-state index contributed by atoms with van der Waals surface area (Å²) in [6, 6.07) is 1.97. The van der Waals surface area contributed by atoms with Crippen LogP contribution in [0.2, 0.25) is 0 Å². The summed E-state index contributed by atoms with van der Waals surface area (Å²) in [6.07, 6.45) is 0. The van der Waals surface area contributed by atoms with Crippen molar-refractivity contribution in [3.8, 4) is 0 Å². The van der Waals surface area contributed by atoms with Crippen molar-refractivity contribution in [3.63, 3.8) is 0 Å². The van der Waals surface area contributed by atoms with E-state index >= 15 is 0 Å². The van der Waals surface area contributed by atoms with Gasteiger partial charge in [0, 0.05) is 37.6 Å². The van der Waals surface area contributed by atoms with E-state index in [-0.39, 0.29) is 5.91 Å². The van der Waals surface area contributed by atoms with Crippen LogP contribution < -0.4 is 5.32 Å². The van der Waals surface area contributed by atoms with Gasteiger partial charge in [0.05, 0.1) is 24.5 Å². The van der Waals surface area contributed by atoms with Gasteiger partial charge in [-0.15, -0.1) is 11.3 Å². The zero-order chi connectivity index (χ0) is 16.2. The Bertz CT molecular complexity index is 660. The van der Waals surface area contributed by atoms with E-state index < -0.39 is 0 Å². The molecular formula is C15H21N5O2S. The van der Waals surface area contributed by atoms with Crippen molar-refractivity contribution in [2.24, 2.45) is 0 Å². The molecule has 23 heavy (non-hydrogen) atoms. The van der Waals surface area contributed by atoms with Crippen molar-refractivity contribution in [1.82, 2.24) is 19.9 Å². The van der Waals surface area contributed by atoms with Crippen LogP contribution in [0.3, 0.4) is 0 Å². The standard InChI is InChI=1S/C15H21N5O2S/c1-11-7-13(22-18-11)8-19-3-5-20(6-4-19)9-14(21)17-15-16-12(2)10-23-15/h7,10H,3-6,8-9H2,1-2H3,(H,16,17,21). The maximum Gasteiger partial charge on any atom is 0.240 e. The molecule has 0 saturated carbocycles. The molecule has 1 aliphatic rings. The van der Waals surface area contributed by atoms with Crippen LogP contribution >= 0.6 is 11.3 Å². The first-order valence-corrected chi connectivity index (χ1v) is 8.55. The smallest absolute Gasteiger partial charge is 0.240 e. The molecule has 0 bridgehead atoms. The third-order valence-electron chi connectivity index (χ3n) is 3.75. The molecule has 124 valence electrons. The molecule has 8 heteroatoms. The Labute approximate surface area is 139 Å². The molecule has 0 aliphatic carbocycles. The first-order chi connectivity index (χ1) is 11.1. The molecule has 0 spiro atoms. The van der Waals surface area contributed by atoms with Gasteiger partial charge in [-0.3, -0.25) is 14.6 Å². The zero-order valence-electron chi connectivity index (χ0n) is 13.4. The number of nitrogens with one attached hydrogen (secondary N) is 1. The van der Waals surface area contributed by atoms with Crippen molar-refractivity contribution in [3.05, 3.63) is 28.6 Å². The summed E-state index contributed by atoms with van der Waals surface area (Å²) in [5.41, 5.74) is 1.84. The molecule has 7 nitrogen and oxygen atoms in total. The highest BCUT2D eigenvalue weighted by Crippen LogP contribution is 2.14. The summed E-state index contributed by atoms with van der Waals surface area (Å²) in [5, 5.41) is 9.36. The van der Waals surface area contributed by atoms with Gasteiger partial charge in [0.25, 0.3) is 0 Å². The Morgan fingerprint density at radius 3 is 2.61 bits per heavy atom. The van der Waals surface area contributed by atoms with Crippen LogP contribution in [0.1, 0.15) is 17.1 Å². The first kappa shape index (κ1) is 16.1. The van der Waals surface area contributed by atoms with E-state index in [9.17, 15) is 4.79 Å². The number of rotatable bonds is 5. The largest absolute Gasteiger partial charge is 0.360 e. The molecule has 2 aromatic rings. The predicted molar refractivity (Wildman–Crippen MR) is 88.4 cm³/mol. The average molecular weight is 335 g/mol. The highest BCUT2D eigenvalue weighted by molar-refractivity contribution is 7.13. The number of aromatic nitrogens is 2. The topological polar surface area (TPSA) is 74.5 Å². The summed E-state index contributed by atoms with van der Waals surface area (Å²) in [6.45, 7) is 8.61. The summed E-state index contributed by atoms with van der Waals surface area (Å²) in [4.78, 5) is 20.8. The van der Waals surface area contributed by atoms with E-state index in [1.165, 1.54) is 11.3 Å². The normalized spacial score (nSPS) is 16.6. The number of anilines is 1. The van der Waals surface area contributed by atoms with Crippen molar-refractivity contribution < 1.29 is 9.32 Å². The average Bonchev–Trinajstić information content (AvgIpc) is 3.10. The third kappa shape index (κ3) is 4.60. The third-order valence-corrected chi connectivity index (χ3v) is 4.63. The minimum atomic E-state index is -0.00124. The Kier molecular flexibility index (Phi) is 5.04. The first-order valence-electron chi connectivity index (χ1n) is 7.67. The van der Waals surface area contributed by atoms with Crippen LogP contribution in [0.15, 0.2) is 16.0 Å². The van der Waals surface area contributed by atoms with Gasteiger partial charge in [-0.25, -0.2) is 4.98 Å². The van der Waals surface area contributed by atoms with Crippen LogP contribution in [0.5, 0.6) is 0 Å². The van der Waals surface area contributed by atoms with Gasteiger partial charge in [-0.05, 0) is 13.8 Å². The van der Waals surface area contributed by atoms with Gasteiger partial charge in [0.1, 0.15) is 0 Å². The van der Waals surface area contributed by atoms with Crippen LogP contribution in [0, 0.1) is 13.8 Å². The molecule has 0 aromatic carbocycles. The summed E-state index contributed by atoms with van der Waals surface area (Å²) in [5.74, 6) is 0.895. The summed E-state index contributed by atoms with van der Waals surface area (Å²) < 4.78 is 5.25. The number of hydrogen-bond acceptors (Lipinski definition) is 7. The number of carbonyl (C=O) groups is 1. The maximum atomic E-state index is 12.0. The molecule has 1 N–H and O–H groups in total. The van der Waals surface area contributed by atoms with Gasteiger partial charge >= 0.3 is 0 Å². The van der Waals surface area contributed by atoms with Crippen molar-refractivity contribution in [2.45, 2.75) is 20.4 Å². The molecule has 0 radical (unpaired) electrons. The lowest BCUT2D eigenvalue weighted by Crippen LogP contribution is -2.48. The monoisotopic (exact) mass is 335 g/mol. The lowest BCUT2D eigenvalue weighted by molar-refractivity contribution is -0.117.